The first-order valence-electron chi connectivity index (χ1n) is 6.36. The van der Waals surface area contributed by atoms with Gasteiger partial charge in [-0.25, -0.2) is 0 Å². The van der Waals surface area contributed by atoms with Gasteiger partial charge in [0.25, 0.3) is 0 Å². The second-order valence-corrected chi connectivity index (χ2v) is 5.29. The SMILES string of the molecule is NC[C@@H](c1ccccc1Cl)C1CCCC[C@@H]1O. The molecular formula is C14H20ClNO. The van der Waals surface area contributed by atoms with Crippen LogP contribution in [0, 0.1) is 5.92 Å². The third kappa shape index (κ3) is 2.82. The van der Waals surface area contributed by atoms with E-state index in [0.717, 1.165) is 29.8 Å². The number of hydrogen-bond acceptors (Lipinski definition) is 2. The van der Waals surface area contributed by atoms with Crippen LogP contribution in [-0.2, 0) is 0 Å². The van der Waals surface area contributed by atoms with Gasteiger partial charge in [-0.15, -0.1) is 0 Å². The molecule has 94 valence electrons. The number of benzene rings is 1. The van der Waals surface area contributed by atoms with E-state index in [0.29, 0.717) is 6.54 Å². The lowest BCUT2D eigenvalue weighted by Gasteiger charge is -2.34. The average Bonchev–Trinajstić information content (AvgIpc) is 2.34. The Morgan fingerprint density at radius 1 is 1.29 bits per heavy atom. The molecule has 1 saturated carbocycles. The summed E-state index contributed by atoms with van der Waals surface area (Å²) in [6, 6.07) is 7.84. The van der Waals surface area contributed by atoms with E-state index in [4.69, 9.17) is 17.3 Å². The van der Waals surface area contributed by atoms with Crippen molar-refractivity contribution >= 4 is 11.6 Å². The zero-order chi connectivity index (χ0) is 12.3. The summed E-state index contributed by atoms with van der Waals surface area (Å²) in [6.07, 6.45) is 4.02. The normalized spacial score (nSPS) is 26.8. The molecule has 2 nitrogen and oxygen atoms in total. The first kappa shape index (κ1) is 12.9. The van der Waals surface area contributed by atoms with Crippen molar-refractivity contribution in [2.75, 3.05) is 6.54 Å². The number of aliphatic hydroxyl groups excluding tert-OH is 1. The zero-order valence-electron chi connectivity index (χ0n) is 9.98. The van der Waals surface area contributed by atoms with Crippen LogP contribution >= 0.6 is 11.6 Å². The second-order valence-electron chi connectivity index (χ2n) is 4.88. The molecule has 0 aliphatic heterocycles. The lowest BCUT2D eigenvalue weighted by Crippen LogP contribution is -2.33. The molecule has 3 atom stereocenters. The molecule has 17 heavy (non-hydrogen) atoms. The number of hydrogen-bond donors (Lipinski definition) is 2. The molecule has 1 aliphatic carbocycles. The van der Waals surface area contributed by atoms with Crippen molar-refractivity contribution in [2.45, 2.75) is 37.7 Å². The van der Waals surface area contributed by atoms with Crippen LogP contribution in [0.3, 0.4) is 0 Å². The summed E-state index contributed by atoms with van der Waals surface area (Å²) in [5, 5.41) is 10.9. The van der Waals surface area contributed by atoms with Crippen molar-refractivity contribution in [1.82, 2.24) is 0 Å². The minimum absolute atomic E-state index is 0.180. The van der Waals surface area contributed by atoms with E-state index in [1.165, 1.54) is 6.42 Å². The van der Waals surface area contributed by atoms with Crippen LogP contribution in [0.5, 0.6) is 0 Å². The fourth-order valence-electron chi connectivity index (χ4n) is 2.92. The monoisotopic (exact) mass is 253 g/mol. The summed E-state index contributed by atoms with van der Waals surface area (Å²) >= 11 is 6.23. The van der Waals surface area contributed by atoms with Gasteiger partial charge in [0.1, 0.15) is 0 Å². The summed E-state index contributed by atoms with van der Waals surface area (Å²) < 4.78 is 0. The van der Waals surface area contributed by atoms with Crippen molar-refractivity contribution < 1.29 is 5.11 Å². The van der Waals surface area contributed by atoms with Crippen LogP contribution in [0.15, 0.2) is 24.3 Å². The number of nitrogens with two attached hydrogens (primary N) is 1. The number of halogens is 1. The molecule has 1 aliphatic rings. The molecule has 0 heterocycles. The van der Waals surface area contributed by atoms with Gasteiger partial charge in [-0.2, -0.15) is 0 Å². The smallest absolute Gasteiger partial charge is 0.0574 e. The lowest BCUT2D eigenvalue weighted by molar-refractivity contribution is 0.0561. The molecule has 0 radical (unpaired) electrons. The standard InChI is InChI=1S/C14H20ClNO/c15-13-7-3-1-5-10(13)12(9-16)11-6-2-4-8-14(11)17/h1,3,5,7,11-12,14,17H,2,4,6,8-9,16H2/t11?,12-,14-/m0/s1. The van der Waals surface area contributed by atoms with Crippen molar-refractivity contribution in [3.05, 3.63) is 34.9 Å². The molecular weight excluding hydrogens is 234 g/mol. The van der Waals surface area contributed by atoms with Gasteiger partial charge in [-0.05, 0) is 36.9 Å². The van der Waals surface area contributed by atoms with E-state index >= 15 is 0 Å². The predicted octanol–water partition coefficient (Wildman–Crippen LogP) is 2.93. The fraction of sp³-hybridized carbons (Fsp3) is 0.571. The Balaban J connectivity index is 2.23. The summed E-state index contributed by atoms with van der Waals surface area (Å²) in [4.78, 5) is 0. The van der Waals surface area contributed by atoms with Gasteiger partial charge in [0, 0.05) is 10.9 Å². The van der Waals surface area contributed by atoms with Gasteiger partial charge in [0.2, 0.25) is 0 Å². The Hall–Kier alpha value is -0.570. The summed E-state index contributed by atoms with van der Waals surface area (Å²) in [5.41, 5.74) is 6.98. The van der Waals surface area contributed by atoms with Crippen LogP contribution < -0.4 is 5.73 Å². The van der Waals surface area contributed by atoms with Gasteiger partial charge in [-0.3, -0.25) is 0 Å². The molecule has 2 rings (SSSR count). The van der Waals surface area contributed by atoms with Crippen molar-refractivity contribution in [3.8, 4) is 0 Å². The number of rotatable bonds is 3. The molecule has 0 aromatic heterocycles. The lowest BCUT2D eigenvalue weighted by atomic mass is 9.75. The van der Waals surface area contributed by atoms with Crippen molar-refractivity contribution in [3.63, 3.8) is 0 Å². The van der Waals surface area contributed by atoms with Crippen LogP contribution in [0.25, 0.3) is 0 Å². The largest absolute Gasteiger partial charge is 0.393 e. The quantitative estimate of drug-likeness (QED) is 0.870. The average molecular weight is 254 g/mol. The highest BCUT2D eigenvalue weighted by Crippen LogP contribution is 2.38. The minimum Gasteiger partial charge on any atom is -0.393 e. The first-order chi connectivity index (χ1) is 8.24. The maximum Gasteiger partial charge on any atom is 0.0574 e. The second kappa shape index (κ2) is 5.85. The number of aliphatic hydroxyl groups is 1. The highest BCUT2D eigenvalue weighted by Gasteiger charge is 2.31. The van der Waals surface area contributed by atoms with Crippen molar-refractivity contribution in [2.24, 2.45) is 11.7 Å². The Labute approximate surface area is 108 Å². The third-order valence-corrected chi connectivity index (χ3v) is 4.20. The van der Waals surface area contributed by atoms with E-state index in [9.17, 15) is 5.11 Å². The van der Waals surface area contributed by atoms with Crippen molar-refractivity contribution in [1.29, 1.82) is 0 Å². The Morgan fingerprint density at radius 2 is 2.00 bits per heavy atom. The van der Waals surface area contributed by atoms with Gasteiger partial charge < -0.3 is 10.8 Å². The molecule has 3 heteroatoms. The van der Waals surface area contributed by atoms with E-state index in [-0.39, 0.29) is 17.9 Å². The van der Waals surface area contributed by atoms with Gasteiger partial charge in [-0.1, -0.05) is 42.6 Å². The van der Waals surface area contributed by atoms with Gasteiger partial charge >= 0.3 is 0 Å². The molecule has 0 saturated heterocycles. The first-order valence-corrected chi connectivity index (χ1v) is 6.74. The molecule has 0 bridgehead atoms. The van der Waals surface area contributed by atoms with E-state index in [2.05, 4.69) is 0 Å². The van der Waals surface area contributed by atoms with E-state index in [1.807, 2.05) is 24.3 Å². The Bertz CT molecular complexity index is 369. The van der Waals surface area contributed by atoms with Crippen LogP contribution in [0.4, 0.5) is 0 Å². The molecule has 1 aromatic rings. The van der Waals surface area contributed by atoms with Crippen LogP contribution in [0.1, 0.15) is 37.2 Å². The maximum atomic E-state index is 10.1. The molecule has 1 unspecified atom stereocenters. The molecule has 0 amide bonds. The molecule has 0 spiro atoms. The predicted molar refractivity (Wildman–Crippen MR) is 71.2 cm³/mol. The van der Waals surface area contributed by atoms with Gasteiger partial charge in [0.15, 0.2) is 0 Å². The summed E-state index contributed by atoms with van der Waals surface area (Å²) in [7, 11) is 0. The topological polar surface area (TPSA) is 46.2 Å². The highest BCUT2D eigenvalue weighted by atomic mass is 35.5. The molecule has 1 fully saturated rings. The highest BCUT2D eigenvalue weighted by molar-refractivity contribution is 6.31. The fourth-order valence-corrected chi connectivity index (χ4v) is 3.19. The van der Waals surface area contributed by atoms with E-state index < -0.39 is 0 Å². The third-order valence-electron chi connectivity index (χ3n) is 3.86. The van der Waals surface area contributed by atoms with E-state index in [1.54, 1.807) is 0 Å². The molecule has 1 aromatic carbocycles. The Morgan fingerprint density at radius 3 is 2.65 bits per heavy atom. The zero-order valence-corrected chi connectivity index (χ0v) is 10.7. The maximum absolute atomic E-state index is 10.1. The van der Waals surface area contributed by atoms with Crippen LogP contribution in [0.2, 0.25) is 5.02 Å². The minimum atomic E-state index is -0.228. The molecule has 3 N–H and O–H groups in total. The summed E-state index contributed by atoms with van der Waals surface area (Å²) in [5.74, 6) is 0.438. The summed E-state index contributed by atoms with van der Waals surface area (Å²) in [6.45, 7) is 0.547. The Kier molecular flexibility index (Phi) is 4.43. The van der Waals surface area contributed by atoms with Crippen LogP contribution in [-0.4, -0.2) is 17.8 Å². The van der Waals surface area contributed by atoms with Gasteiger partial charge in [0.05, 0.1) is 6.10 Å².